The lowest BCUT2D eigenvalue weighted by Crippen LogP contribution is -2.49. The normalized spacial score (nSPS) is 15.9. The molecule has 0 radical (unpaired) electrons. The van der Waals surface area contributed by atoms with E-state index in [1.54, 1.807) is 9.80 Å². The molecule has 7 nitrogen and oxygen atoms in total. The van der Waals surface area contributed by atoms with Gasteiger partial charge in [-0.2, -0.15) is 13.2 Å². The van der Waals surface area contributed by atoms with E-state index in [2.05, 4.69) is 4.90 Å². The molecule has 2 aromatic carbocycles. The van der Waals surface area contributed by atoms with E-state index in [1.165, 1.54) is 0 Å². The van der Waals surface area contributed by atoms with Gasteiger partial charge < -0.3 is 29.3 Å². The number of rotatable bonds is 3. The van der Waals surface area contributed by atoms with Crippen LogP contribution in [-0.4, -0.2) is 82.3 Å². The van der Waals surface area contributed by atoms with Gasteiger partial charge in [-0.25, -0.2) is 4.39 Å². The summed E-state index contributed by atoms with van der Waals surface area (Å²) in [6, 6.07) is 8.39. The Balaban J connectivity index is 0.00000109. The van der Waals surface area contributed by atoms with Crippen LogP contribution in [0, 0.1) is 12.7 Å². The molecule has 2 fully saturated rings. The van der Waals surface area contributed by atoms with Crippen molar-refractivity contribution in [1.29, 1.82) is 0 Å². The van der Waals surface area contributed by atoms with Gasteiger partial charge in [0.15, 0.2) is 0 Å². The molecule has 4 rings (SSSR count). The molecule has 0 aliphatic carbocycles. The number of aliphatic hydroxyl groups is 1. The maximum absolute atomic E-state index is 14.4. The van der Waals surface area contributed by atoms with Gasteiger partial charge in [0.2, 0.25) is 0 Å². The number of hydrogen-bond donors (Lipinski definition) is 1. The molecule has 0 aromatic heterocycles. The fourth-order valence-corrected chi connectivity index (χ4v) is 4.16. The Labute approximate surface area is 207 Å². The number of hydrogen-bond acceptors (Lipinski definition) is 6. The van der Waals surface area contributed by atoms with Crippen molar-refractivity contribution in [3.05, 3.63) is 58.9 Å². The average Bonchev–Trinajstić information content (AvgIpc) is 2.90. The molecule has 0 saturated carbocycles. The predicted molar refractivity (Wildman–Crippen MR) is 129 cm³/mol. The van der Waals surface area contributed by atoms with Crippen LogP contribution in [0.1, 0.15) is 21.5 Å². The second-order valence-electron chi connectivity index (χ2n) is 8.06. The Kier molecular flexibility index (Phi) is 10.7. The second kappa shape index (κ2) is 13.2. The topological polar surface area (TPSA) is 73.3 Å². The molecule has 2 saturated heterocycles. The number of ether oxygens (including phenoxy) is 1. The van der Waals surface area contributed by atoms with E-state index >= 15 is 0 Å². The third-order valence-electron chi connectivity index (χ3n) is 5.92. The minimum absolute atomic E-state index is 0.0947. The van der Waals surface area contributed by atoms with E-state index < -0.39 is 17.6 Å². The molecule has 0 atom stereocenters. The first-order valence-electron chi connectivity index (χ1n) is 11.3. The summed E-state index contributed by atoms with van der Waals surface area (Å²) in [7, 11) is 1.00. The zero-order valence-electron chi connectivity index (χ0n) is 20.4. The van der Waals surface area contributed by atoms with Gasteiger partial charge in [0, 0.05) is 52.1 Å². The summed E-state index contributed by atoms with van der Waals surface area (Å²) in [5.41, 5.74) is 1.59. The SMILES string of the molecule is C=O.CO.Cc1ccc(N2CCOCC2)c(C(=O)N2CCN(c3ccc(C(F)(F)F)cc3F)CC2)c1. The molecule has 198 valence electrons. The molecule has 0 spiro atoms. The third-order valence-corrected chi connectivity index (χ3v) is 5.92. The highest BCUT2D eigenvalue weighted by atomic mass is 19.4. The summed E-state index contributed by atoms with van der Waals surface area (Å²) in [5.74, 6) is -1.00. The van der Waals surface area contributed by atoms with Gasteiger partial charge in [0.1, 0.15) is 12.6 Å². The number of halogens is 4. The number of aliphatic hydroxyl groups excluding tert-OH is 1. The van der Waals surface area contributed by atoms with E-state index in [0.717, 1.165) is 30.5 Å². The summed E-state index contributed by atoms with van der Waals surface area (Å²) >= 11 is 0. The second-order valence-corrected chi connectivity index (χ2v) is 8.06. The molecule has 2 aliphatic heterocycles. The van der Waals surface area contributed by atoms with Crippen LogP contribution in [0.5, 0.6) is 0 Å². The number of carbonyl (C=O) groups excluding carboxylic acids is 2. The number of aryl methyl sites for hydroxylation is 1. The molecular formula is C25H31F4N3O4. The lowest BCUT2D eigenvalue weighted by Gasteiger charge is -2.37. The van der Waals surface area contributed by atoms with E-state index in [0.29, 0.717) is 64.1 Å². The maximum Gasteiger partial charge on any atom is 0.416 e. The van der Waals surface area contributed by atoms with Gasteiger partial charge in [-0.3, -0.25) is 4.79 Å². The van der Waals surface area contributed by atoms with Gasteiger partial charge in [0.05, 0.1) is 30.0 Å². The van der Waals surface area contributed by atoms with Crippen LogP contribution in [0.15, 0.2) is 36.4 Å². The largest absolute Gasteiger partial charge is 0.416 e. The van der Waals surface area contributed by atoms with Crippen LogP contribution in [0.3, 0.4) is 0 Å². The summed E-state index contributed by atoms with van der Waals surface area (Å²) in [4.78, 5) is 26.9. The Morgan fingerprint density at radius 2 is 1.44 bits per heavy atom. The highest BCUT2D eigenvalue weighted by molar-refractivity contribution is 6.00. The van der Waals surface area contributed by atoms with Crippen molar-refractivity contribution < 1.29 is 37.0 Å². The monoisotopic (exact) mass is 513 g/mol. The summed E-state index contributed by atoms with van der Waals surface area (Å²) < 4.78 is 58.2. The molecule has 11 heteroatoms. The van der Waals surface area contributed by atoms with Crippen LogP contribution < -0.4 is 9.80 Å². The van der Waals surface area contributed by atoms with Gasteiger partial charge >= 0.3 is 6.18 Å². The number of nitrogens with zero attached hydrogens (tertiary/aromatic N) is 3. The molecule has 2 aliphatic rings. The Hall–Kier alpha value is -3.18. The zero-order chi connectivity index (χ0) is 26.9. The smallest absolute Gasteiger partial charge is 0.400 e. The van der Waals surface area contributed by atoms with Gasteiger partial charge in [-0.1, -0.05) is 11.6 Å². The standard InChI is InChI=1S/C23H25F4N3O2.CH4O.CH2O/c1-16-2-4-20(29-10-12-32-13-11-29)18(14-16)22(31)30-8-6-28(7-9-30)21-5-3-17(15-19(21)24)23(25,26)27;2*1-2/h2-5,14-15H,6-13H2,1H3;2H,1H3;1H2. The molecule has 36 heavy (non-hydrogen) atoms. The number of benzene rings is 2. The van der Waals surface area contributed by atoms with Crippen molar-refractivity contribution in [2.75, 3.05) is 69.4 Å². The number of carbonyl (C=O) groups is 2. The molecule has 1 amide bonds. The first kappa shape index (κ1) is 29.1. The van der Waals surface area contributed by atoms with Crippen LogP contribution in [0.4, 0.5) is 28.9 Å². The number of amides is 1. The first-order valence-corrected chi connectivity index (χ1v) is 11.3. The van der Waals surface area contributed by atoms with Gasteiger partial charge in [0.25, 0.3) is 5.91 Å². The number of anilines is 2. The minimum atomic E-state index is -4.59. The molecule has 0 bridgehead atoms. The minimum Gasteiger partial charge on any atom is -0.400 e. The van der Waals surface area contributed by atoms with E-state index in [-0.39, 0.29) is 11.6 Å². The van der Waals surface area contributed by atoms with Crippen LogP contribution >= 0.6 is 0 Å². The Morgan fingerprint density at radius 3 is 2.00 bits per heavy atom. The van der Waals surface area contributed by atoms with E-state index in [1.807, 2.05) is 31.9 Å². The van der Waals surface area contributed by atoms with E-state index in [9.17, 15) is 22.4 Å². The van der Waals surface area contributed by atoms with E-state index in [4.69, 9.17) is 14.6 Å². The van der Waals surface area contributed by atoms with Crippen molar-refractivity contribution >= 4 is 24.1 Å². The highest BCUT2D eigenvalue weighted by Gasteiger charge is 2.32. The maximum atomic E-state index is 14.4. The summed E-state index contributed by atoms with van der Waals surface area (Å²) in [5, 5.41) is 7.00. The highest BCUT2D eigenvalue weighted by Crippen LogP contribution is 2.33. The number of alkyl halides is 3. The lowest BCUT2D eigenvalue weighted by molar-refractivity contribution is -0.137. The molecule has 1 N–H and O–H groups in total. The fraction of sp³-hybridized carbons (Fsp3) is 0.440. The molecule has 0 unspecified atom stereocenters. The predicted octanol–water partition coefficient (Wildman–Crippen LogP) is 3.38. The number of piperazine rings is 1. The third kappa shape index (κ3) is 6.94. The lowest BCUT2D eigenvalue weighted by atomic mass is 10.1. The number of morpholine rings is 1. The summed E-state index contributed by atoms with van der Waals surface area (Å²) in [6.45, 7) is 7.97. The van der Waals surface area contributed by atoms with Crippen molar-refractivity contribution in [3.8, 4) is 0 Å². The molecular weight excluding hydrogens is 482 g/mol. The van der Waals surface area contributed by atoms with Gasteiger partial charge in [-0.15, -0.1) is 0 Å². The van der Waals surface area contributed by atoms with Crippen LogP contribution in [-0.2, 0) is 15.7 Å². The van der Waals surface area contributed by atoms with Crippen molar-refractivity contribution in [2.45, 2.75) is 13.1 Å². The van der Waals surface area contributed by atoms with Crippen LogP contribution in [0.25, 0.3) is 0 Å². The van der Waals surface area contributed by atoms with Gasteiger partial charge in [-0.05, 0) is 37.3 Å². The fourth-order valence-electron chi connectivity index (χ4n) is 4.16. The van der Waals surface area contributed by atoms with Crippen molar-refractivity contribution in [3.63, 3.8) is 0 Å². The molecule has 2 aromatic rings. The summed E-state index contributed by atoms with van der Waals surface area (Å²) in [6.07, 6.45) is -4.59. The quantitative estimate of drug-likeness (QED) is 0.635. The zero-order valence-corrected chi connectivity index (χ0v) is 20.4. The average molecular weight is 514 g/mol. The van der Waals surface area contributed by atoms with Crippen molar-refractivity contribution in [2.24, 2.45) is 0 Å². The Morgan fingerprint density at radius 1 is 0.889 bits per heavy atom. The van der Waals surface area contributed by atoms with Crippen molar-refractivity contribution in [1.82, 2.24) is 4.90 Å². The van der Waals surface area contributed by atoms with Crippen LogP contribution in [0.2, 0.25) is 0 Å². The molecule has 2 heterocycles. The first-order chi connectivity index (χ1) is 17.2. The Bertz CT molecular complexity index is 1010.